The molecule has 0 radical (unpaired) electrons. The van der Waals surface area contributed by atoms with Crippen LogP contribution in [0.4, 0.5) is 11.4 Å². The molecule has 0 bridgehead atoms. The number of non-ortho nitro benzene ring substituents is 1. The number of nitro groups is 1. The zero-order valence-electron chi connectivity index (χ0n) is 16.6. The molecule has 0 amide bonds. The molecule has 0 saturated heterocycles. The first kappa shape index (κ1) is 20.8. The van der Waals surface area contributed by atoms with Gasteiger partial charge in [-0.15, -0.1) is 11.3 Å². The summed E-state index contributed by atoms with van der Waals surface area (Å²) in [6.07, 6.45) is 1.52. The van der Waals surface area contributed by atoms with E-state index in [1.165, 1.54) is 41.8 Å². The normalized spacial score (nSPS) is 11.2. The molecule has 0 aliphatic carbocycles. The second-order valence-corrected chi connectivity index (χ2v) is 7.37. The first-order chi connectivity index (χ1) is 15.5. The minimum atomic E-state index is -0.623. The highest BCUT2D eigenvalue weighted by Crippen LogP contribution is 2.28. The molecule has 10 heteroatoms. The number of benzene rings is 2. The summed E-state index contributed by atoms with van der Waals surface area (Å²) in [5.74, 6) is 0.712. The van der Waals surface area contributed by atoms with E-state index in [2.05, 4.69) is 16.4 Å². The van der Waals surface area contributed by atoms with Crippen LogP contribution in [-0.4, -0.2) is 17.0 Å². The Hall–Kier alpha value is -4.49. The fourth-order valence-electron chi connectivity index (χ4n) is 2.91. The molecule has 0 fully saturated rings. The highest BCUT2D eigenvalue weighted by molar-refractivity contribution is 7.11. The van der Waals surface area contributed by atoms with Crippen LogP contribution < -0.4 is 15.7 Å². The quantitative estimate of drug-likeness (QED) is 0.193. The van der Waals surface area contributed by atoms with Crippen molar-refractivity contribution in [1.82, 2.24) is 4.98 Å². The van der Waals surface area contributed by atoms with Crippen molar-refractivity contribution in [3.63, 3.8) is 0 Å². The highest BCUT2D eigenvalue weighted by Gasteiger charge is 2.15. The van der Waals surface area contributed by atoms with Gasteiger partial charge in [-0.2, -0.15) is 5.26 Å². The van der Waals surface area contributed by atoms with E-state index >= 15 is 0 Å². The van der Waals surface area contributed by atoms with Gasteiger partial charge in [0.2, 0.25) is 0 Å². The Morgan fingerprint density at radius 1 is 1.28 bits per heavy atom. The summed E-state index contributed by atoms with van der Waals surface area (Å²) < 4.78 is 10.4. The molecule has 2 aromatic heterocycles. The molecule has 1 N–H and O–H groups in total. The summed E-state index contributed by atoms with van der Waals surface area (Å²) in [6.45, 7) is 0. The van der Waals surface area contributed by atoms with Crippen molar-refractivity contribution in [3.05, 3.63) is 85.7 Å². The first-order valence-corrected chi connectivity index (χ1v) is 10.1. The van der Waals surface area contributed by atoms with Gasteiger partial charge in [-0.1, -0.05) is 0 Å². The molecular weight excluding hydrogens is 432 g/mol. The minimum absolute atomic E-state index is 0.115. The number of nitro benzene ring substituents is 1. The van der Waals surface area contributed by atoms with Gasteiger partial charge < -0.3 is 14.5 Å². The SMILES string of the molecule is COc1ccc(NC=C(C#N)c2nc(-c3cc4cc([N+](=O)[O-])ccc4oc3=O)cs2)cc1. The monoisotopic (exact) mass is 446 g/mol. The lowest BCUT2D eigenvalue weighted by Crippen LogP contribution is -2.03. The van der Waals surface area contributed by atoms with Gasteiger partial charge in [0.15, 0.2) is 0 Å². The number of methoxy groups -OCH3 is 1. The third-order valence-electron chi connectivity index (χ3n) is 4.53. The van der Waals surface area contributed by atoms with E-state index in [0.717, 1.165) is 5.69 Å². The molecule has 4 rings (SSSR count). The van der Waals surface area contributed by atoms with E-state index in [1.807, 2.05) is 0 Å². The summed E-state index contributed by atoms with van der Waals surface area (Å²) in [4.78, 5) is 27.3. The number of ether oxygens (including phenoxy) is 1. The maximum absolute atomic E-state index is 12.4. The van der Waals surface area contributed by atoms with Gasteiger partial charge in [-0.3, -0.25) is 10.1 Å². The third kappa shape index (κ3) is 4.19. The number of hydrogen-bond donors (Lipinski definition) is 1. The number of rotatable bonds is 6. The molecule has 0 saturated carbocycles. The van der Waals surface area contributed by atoms with E-state index < -0.39 is 10.5 Å². The standard InChI is InChI=1S/C22H14N4O5S/c1-30-17-5-2-15(3-6-17)24-11-14(10-23)21-25-19(12-32-21)18-9-13-8-16(26(28)29)4-7-20(13)31-22(18)27/h2-9,11-12,24H,1H3. The number of aromatic nitrogens is 1. The second kappa shape index (κ2) is 8.71. The van der Waals surface area contributed by atoms with Crippen molar-refractivity contribution in [2.24, 2.45) is 0 Å². The lowest BCUT2D eigenvalue weighted by Gasteiger charge is -2.03. The first-order valence-electron chi connectivity index (χ1n) is 9.18. The molecule has 2 heterocycles. The van der Waals surface area contributed by atoms with E-state index in [4.69, 9.17) is 9.15 Å². The fraction of sp³-hybridized carbons (Fsp3) is 0.0455. The molecule has 0 aliphatic heterocycles. The van der Waals surface area contributed by atoms with Crippen molar-refractivity contribution in [1.29, 1.82) is 5.26 Å². The highest BCUT2D eigenvalue weighted by atomic mass is 32.1. The van der Waals surface area contributed by atoms with Crippen LogP contribution in [0, 0.1) is 21.4 Å². The largest absolute Gasteiger partial charge is 0.497 e. The van der Waals surface area contributed by atoms with Gasteiger partial charge in [0.1, 0.15) is 28.0 Å². The predicted octanol–water partition coefficient (Wildman–Crippen LogP) is 4.81. The number of nitrogens with zero attached hydrogens (tertiary/aromatic N) is 3. The number of allylic oxidation sites excluding steroid dienone is 1. The van der Waals surface area contributed by atoms with Crippen molar-refractivity contribution in [2.45, 2.75) is 0 Å². The number of nitriles is 1. The van der Waals surface area contributed by atoms with Crippen LogP contribution in [-0.2, 0) is 0 Å². The Labute approximate surface area is 185 Å². The number of fused-ring (bicyclic) bond motifs is 1. The van der Waals surface area contributed by atoms with E-state index in [1.54, 1.807) is 36.8 Å². The topological polar surface area (TPSA) is 131 Å². The van der Waals surface area contributed by atoms with E-state index in [9.17, 15) is 20.2 Å². The van der Waals surface area contributed by atoms with Gasteiger partial charge in [0.05, 0.1) is 23.3 Å². The lowest BCUT2D eigenvalue weighted by atomic mass is 10.1. The lowest BCUT2D eigenvalue weighted by molar-refractivity contribution is -0.384. The van der Waals surface area contributed by atoms with Gasteiger partial charge >= 0.3 is 5.63 Å². The van der Waals surface area contributed by atoms with Gasteiger partial charge in [0, 0.05) is 34.8 Å². The van der Waals surface area contributed by atoms with Crippen LogP contribution in [0.2, 0.25) is 0 Å². The van der Waals surface area contributed by atoms with E-state index in [-0.39, 0.29) is 22.4 Å². The second-order valence-electron chi connectivity index (χ2n) is 6.51. The average Bonchev–Trinajstić information content (AvgIpc) is 3.29. The number of anilines is 1. The number of thiazole rings is 1. The molecule has 158 valence electrons. The maximum atomic E-state index is 12.4. The fourth-order valence-corrected chi connectivity index (χ4v) is 3.69. The molecular formula is C22H14N4O5S. The van der Waals surface area contributed by atoms with Gasteiger partial charge in [-0.25, -0.2) is 9.78 Å². The summed E-state index contributed by atoms with van der Waals surface area (Å²) in [5, 5.41) is 26.0. The van der Waals surface area contributed by atoms with Crippen LogP contribution in [0.3, 0.4) is 0 Å². The van der Waals surface area contributed by atoms with Crippen LogP contribution in [0.15, 0.2) is 69.3 Å². The Bertz CT molecular complexity index is 1450. The van der Waals surface area contributed by atoms with Crippen molar-refractivity contribution in [3.8, 4) is 23.1 Å². The smallest absolute Gasteiger partial charge is 0.345 e. The Morgan fingerprint density at radius 3 is 2.75 bits per heavy atom. The summed E-state index contributed by atoms with van der Waals surface area (Å²) in [5.41, 5.74) is 1.00. The summed E-state index contributed by atoms with van der Waals surface area (Å²) >= 11 is 1.19. The van der Waals surface area contributed by atoms with Gasteiger partial charge in [0.25, 0.3) is 5.69 Å². The van der Waals surface area contributed by atoms with Crippen molar-refractivity contribution in [2.75, 3.05) is 12.4 Å². The molecule has 0 atom stereocenters. The van der Waals surface area contributed by atoms with Crippen LogP contribution in [0.25, 0.3) is 27.8 Å². The van der Waals surface area contributed by atoms with Crippen molar-refractivity contribution >= 4 is 39.3 Å². The van der Waals surface area contributed by atoms with Gasteiger partial charge in [-0.05, 0) is 36.4 Å². The van der Waals surface area contributed by atoms with E-state index in [0.29, 0.717) is 21.8 Å². The maximum Gasteiger partial charge on any atom is 0.345 e. The molecule has 0 aliphatic rings. The molecule has 0 unspecified atom stereocenters. The summed E-state index contributed by atoms with van der Waals surface area (Å²) in [7, 11) is 1.58. The Balaban J connectivity index is 1.65. The molecule has 32 heavy (non-hydrogen) atoms. The number of nitrogens with one attached hydrogen (secondary N) is 1. The van der Waals surface area contributed by atoms with Crippen LogP contribution >= 0.6 is 11.3 Å². The Kier molecular flexibility index (Phi) is 5.65. The zero-order valence-corrected chi connectivity index (χ0v) is 17.4. The Morgan fingerprint density at radius 2 is 2.06 bits per heavy atom. The molecule has 2 aromatic carbocycles. The van der Waals surface area contributed by atoms with Crippen LogP contribution in [0.5, 0.6) is 5.75 Å². The molecule has 0 spiro atoms. The third-order valence-corrected chi connectivity index (χ3v) is 5.41. The van der Waals surface area contributed by atoms with Crippen molar-refractivity contribution < 1.29 is 14.1 Å². The summed E-state index contributed by atoms with van der Waals surface area (Å²) in [6, 6.07) is 14.7. The minimum Gasteiger partial charge on any atom is -0.497 e. The molecule has 9 nitrogen and oxygen atoms in total. The molecule has 4 aromatic rings. The zero-order chi connectivity index (χ0) is 22.7. The average molecular weight is 446 g/mol. The van der Waals surface area contributed by atoms with Crippen LogP contribution in [0.1, 0.15) is 5.01 Å². The predicted molar refractivity (Wildman–Crippen MR) is 120 cm³/mol. The number of hydrogen-bond acceptors (Lipinski definition) is 9.